The number of benzene rings is 2. The van der Waals surface area contributed by atoms with Crippen LogP contribution in [0.5, 0.6) is 0 Å². The molecule has 0 spiro atoms. The van der Waals surface area contributed by atoms with E-state index >= 15 is 0 Å². The Kier molecular flexibility index (Phi) is 3.96. The van der Waals surface area contributed by atoms with Crippen molar-refractivity contribution in [2.75, 3.05) is 13.2 Å². The van der Waals surface area contributed by atoms with Gasteiger partial charge < -0.3 is 19.9 Å². The minimum Gasteiger partial charge on any atom is -0.481 e. The van der Waals surface area contributed by atoms with E-state index in [-0.39, 0.29) is 25.2 Å². The van der Waals surface area contributed by atoms with Crippen molar-refractivity contribution in [3.05, 3.63) is 59.7 Å². The second-order valence-corrected chi connectivity index (χ2v) is 8.48. The lowest BCUT2D eigenvalue weighted by Crippen LogP contribution is -2.59. The molecule has 2 heterocycles. The first-order chi connectivity index (χ1) is 13.9. The van der Waals surface area contributed by atoms with E-state index in [0.717, 1.165) is 11.1 Å². The van der Waals surface area contributed by atoms with Gasteiger partial charge in [-0.25, -0.2) is 4.79 Å². The van der Waals surface area contributed by atoms with Gasteiger partial charge >= 0.3 is 12.1 Å². The summed E-state index contributed by atoms with van der Waals surface area (Å²) in [6, 6.07) is 16.1. The van der Waals surface area contributed by atoms with Gasteiger partial charge in [-0.2, -0.15) is 0 Å². The molecule has 2 aromatic rings. The molecule has 1 amide bonds. The number of carbonyl (C=O) groups is 2. The van der Waals surface area contributed by atoms with E-state index in [1.54, 1.807) is 0 Å². The first kappa shape index (κ1) is 18.2. The molecule has 2 N–H and O–H groups in total. The molecule has 1 unspecified atom stereocenters. The van der Waals surface area contributed by atoms with Crippen LogP contribution in [-0.4, -0.2) is 42.0 Å². The zero-order chi connectivity index (χ0) is 20.2. The van der Waals surface area contributed by atoms with Crippen molar-refractivity contribution in [3.8, 4) is 11.1 Å². The fourth-order valence-electron chi connectivity index (χ4n) is 5.17. The SMILES string of the molecule is CC(NC(=O)OCC1c2ccccc2-c2ccccc21)C12CC(C(=O)O)(CO1)C2. The Hall–Kier alpha value is -2.86. The van der Waals surface area contributed by atoms with E-state index < -0.39 is 23.1 Å². The van der Waals surface area contributed by atoms with Crippen LogP contribution in [0.15, 0.2) is 48.5 Å². The van der Waals surface area contributed by atoms with E-state index in [4.69, 9.17) is 9.47 Å². The van der Waals surface area contributed by atoms with Gasteiger partial charge in [0.05, 0.1) is 23.7 Å². The summed E-state index contributed by atoms with van der Waals surface area (Å²) in [6.07, 6.45) is 0.359. The molecule has 6 heteroatoms. The van der Waals surface area contributed by atoms with Crippen molar-refractivity contribution < 1.29 is 24.2 Å². The number of ether oxygens (including phenoxy) is 2. The summed E-state index contributed by atoms with van der Waals surface area (Å²) in [5.41, 5.74) is 3.32. The third-order valence-corrected chi connectivity index (χ3v) is 6.83. The topological polar surface area (TPSA) is 84.9 Å². The van der Waals surface area contributed by atoms with Crippen LogP contribution in [0, 0.1) is 5.41 Å². The number of carboxylic acid groups (broad SMARTS) is 1. The van der Waals surface area contributed by atoms with Crippen LogP contribution in [0.4, 0.5) is 4.79 Å². The first-order valence-electron chi connectivity index (χ1n) is 9.93. The Morgan fingerprint density at radius 1 is 1.14 bits per heavy atom. The van der Waals surface area contributed by atoms with Crippen LogP contribution < -0.4 is 5.32 Å². The van der Waals surface area contributed by atoms with Crippen molar-refractivity contribution in [3.63, 3.8) is 0 Å². The number of hydrogen-bond acceptors (Lipinski definition) is 4. The van der Waals surface area contributed by atoms with Gasteiger partial charge in [0, 0.05) is 5.92 Å². The molecule has 4 aliphatic rings. The first-order valence-corrected chi connectivity index (χ1v) is 9.93. The number of carboxylic acids is 1. The van der Waals surface area contributed by atoms with Crippen LogP contribution in [0.1, 0.15) is 36.8 Å². The molecule has 29 heavy (non-hydrogen) atoms. The Morgan fingerprint density at radius 3 is 2.28 bits per heavy atom. The van der Waals surface area contributed by atoms with E-state index in [1.807, 2.05) is 31.2 Å². The highest BCUT2D eigenvalue weighted by Crippen LogP contribution is 2.59. The third kappa shape index (κ3) is 2.66. The van der Waals surface area contributed by atoms with E-state index in [2.05, 4.69) is 29.6 Å². The molecule has 3 fully saturated rings. The highest BCUT2D eigenvalue weighted by atomic mass is 16.6. The number of rotatable bonds is 5. The molecular weight excluding hydrogens is 370 g/mol. The van der Waals surface area contributed by atoms with Crippen LogP contribution in [0.25, 0.3) is 11.1 Å². The molecule has 2 bridgehead atoms. The average Bonchev–Trinajstić information content (AvgIpc) is 3.36. The number of aliphatic carboxylic acids is 1. The van der Waals surface area contributed by atoms with Gasteiger partial charge in [-0.05, 0) is 42.0 Å². The van der Waals surface area contributed by atoms with Gasteiger partial charge in [-0.3, -0.25) is 4.79 Å². The van der Waals surface area contributed by atoms with Crippen LogP contribution in [0.3, 0.4) is 0 Å². The van der Waals surface area contributed by atoms with Crippen LogP contribution in [0.2, 0.25) is 0 Å². The van der Waals surface area contributed by atoms with Gasteiger partial charge in [0.1, 0.15) is 6.61 Å². The number of fused-ring (bicyclic) bond motifs is 4. The maximum absolute atomic E-state index is 12.5. The summed E-state index contributed by atoms with van der Waals surface area (Å²) in [4.78, 5) is 23.9. The smallest absolute Gasteiger partial charge is 0.407 e. The van der Waals surface area contributed by atoms with E-state index in [0.29, 0.717) is 12.8 Å². The molecule has 2 aromatic carbocycles. The third-order valence-electron chi connectivity index (χ3n) is 6.83. The maximum Gasteiger partial charge on any atom is 0.407 e. The molecule has 150 valence electrons. The normalized spacial score (nSPS) is 27.5. The molecule has 2 saturated heterocycles. The predicted octanol–water partition coefficient (Wildman–Crippen LogP) is 3.55. The van der Waals surface area contributed by atoms with Gasteiger partial charge in [0.25, 0.3) is 0 Å². The molecule has 0 aromatic heterocycles. The Morgan fingerprint density at radius 2 is 1.72 bits per heavy atom. The lowest BCUT2D eigenvalue weighted by molar-refractivity contribution is -0.154. The summed E-state index contributed by atoms with van der Waals surface area (Å²) in [5, 5.41) is 12.2. The second-order valence-electron chi connectivity index (χ2n) is 8.48. The summed E-state index contributed by atoms with van der Waals surface area (Å²) >= 11 is 0. The molecule has 1 atom stereocenters. The van der Waals surface area contributed by atoms with Gasteiger partial charge in [0.15, 0.2) is 0 Å². The quantitative estimate of drug-likeness (QED) is 0.812. The number of hydrogen-bond donors (Lipinski definition) is 2. The fraction of sp³-hybridized carbons (Fsp3) is 0.391. The molecule has 2 aliphatic heterocycles. The summed E-state index contributed by atoms with van der Waals surface area (Å²) in [6.45, 7) is 2.30. The molecule has 0 radical (unpaired) electrons. The number of carbonyl (C=O) groups excluding carboxylic acids is 1. The molecule has 2 aliphatic carbocycles. The molecular formula is C23H23NO5. The monoisotopic (exact) mass is 393 g/mol. The Balaban J connectivity index is 1.24. The summed E-state index contributed by atoms with van der Waals surface area (Å²) < 4.78 is 11.3. The summed E-state index contributed by atoms with van der Waals surface area (Å²) in [7, 11) is 0. The Labute approximate surface area is 168 Å². The van der Waals surface area contributed by atoms with Crippen molar-refractivity contribution in [1.82, 2.24) is 5.32 Å². The van der Waals surface area contributed by atoms with Gasteiger partial charge in [-0.1, -0.05) is 48.5 Å². The van der Waals surface area contributed by atoms with Crippen molar-refractivity contribution in [1.29, 1.82) is 0 Å². The zero-order valence-electron chi connectivity index (χ0n) is 16.2. The van der Waals surface area contributed by atoms with Crippen molar-refractivity contribution in [2.45, 2.75) is 37.3 Å². The predicted molar refractivity (Wildman–Crippen MR) is 106 cm³/mol. The zero-order valence-corrected chi connectivity index (χ0v) is 16.2. The fourth-order valence-corrected chi connectivity index (χ4v) is 5.17. The largest absolute Gasteiger partial charge is 0.481 e. The summed E-state index contributed by atoms with van der Waals surface area (Å²) in [5.74, 6) is -0.813. The van der Waals surface area contributed by atoms with E-state index in [9.17, 15) is 14.7 Å². The highest BCUT2D eigenvalue weighted by Gasteiger charge is 2.68. The second kappa shape index (κ2) is 6.32. The lowest BCUT2D eigenvalue weighted by atomic mass is 9.60. The van der Waals surface area contributed by atoms with Crippen LogP contribution in [-0.2, 0) is 14.3 Å². The number of amides is 1. The molecule has 1 saturated carbocycles. The standard InChI is InChI=1S/C23H23NO5/c1-14(23-11-22(12-23,13-29-23)20(25)26)24-21(27)28-10-19-17-8-4-2-6-15(17)16-7-3-5-9-18(16)19/h2-9,14,19H,10-13H2,1H3,(H,24,27)(H,25,26). The van der Waals surface area contributed by atoms with Gasteiger partial charge in [-0.15, -0.1) is 0 Å². The minimum atomic E-state index is -0.820. The van der Waals surface area contributed by atoms with E-state index in [1.165, 1.54) is 11.1 Å². The Bertz CT molecular complexity index is 949. The van der Waals surface area contributed by atoms with Gasteiger partial charge in [0.2, 0.25) is 0 Å². The lowest BCUT2D eigenvalue weighted by Gasteiger charge is -2.45. The number of nitrogens with one attached hydrogen (secondary N) is 1. The highest BCUT2D eigenvalue weighted by molar-refractivity contribution is 5.79. The molecule has 6 rings (SSSR count). The minimum absolute atomic E-state index is 0.00714. The van der Waals surface area contributed by atoms with Crippen LogP contribution >= 0.6 is 0 Å². The molecule has 6 nitrogen and oxygen atoms in total. The number of alkyl carbamates (subject to hydrolysis) is 1. The average molecular weight is 393 g/mol. The van der Waals surface area contributed by atoms with Crippen molar-refractivity contribution in [2.24, 2.45) is 5.41 Å². The maximum atomic E-state index is 12.5. The van der Waals surface area contributed by atoms with Crippen molar-refractivity contribution >= 4 is 12.1 Å².